The number of aromatic nitrogens is 1. The van der Waals surface area contributed by atoms with Gasteiger partial charge in [0.15, 0.2) is 0 Å². The minimum Gasteiger partial charge on any atom is -0.329 e. The van der Waals surface area contributed by atoms with Gasteiger partial charge in [-0.05, 0) is 18.2 Å². The van der Waals surface area contributed by atoms with Crippen molar-refractivity contribution in [3.05, 3.63) is 71.2 Å². The van der Waals surface area contributed by atoms with Gasteiger partial charge in [-0.2, -0.15) is 0 Å². The third-order valence-corrected chi connectivity index (χ3v) is 3.60. The number of aromatic amines is 1. The molecule has 0 spiro atoms. The van der Waals surface area contributed by atoms with Crippen LogP contribution in [0.5, 0.6) is 0 Å². The summed E-state index contributed by atoms with van der Waals surface area (Å²) in [5.74, 6) is 0.459. The first kappa shape index (κ1) is 14.1. The first-order valence-corrected chi connectivity index (χ1v) is 7.02. The highest BCUT2D eigenvalue weighted by Gasteiger charge is 2.09. The van der Waals surface area contributed by atoms with Gasteiger partial charge in [0, 0.05) is 28.5 Å². The number of carbonyl (C=O) groups excluding carboxylic acids is 1. The summed E-state index contributed by atoms with van der Waals surface area (Å²) in [4.78, 5) is 26.7. The molecule has 1 amide bonds. The minimum atomic E-state index is -0.303. The molecule has 0 fully saturated rings. The first-order chi connectivity index (χ1) is 9.70. The Hall–Kier alpha value is -2.27. The predicted molar refractivity (Wildman–Crippen MR) is 82.4 cm³/mol. The van der Waals surface area contributed by atoms with Gasteiger partial charge in [0.05, 0.1) is 5.69 Å². The SMILES string of the molecule is C=CCSc1ccccc1NC(=O)c1cc[nH]c(=O)c1. The number of hydrogen-bond donors (Lipinski definition) is 2. The van der Waals surface area contributed by atoms with Crippen LogP contribution in [0.2, 0.25) is 0 Å². The fourth-order valence-electron chi connectivity index (χ4n) is 1.62. The van der Waals surface area contributed by atoms with Gasteiger partial charge in [-0.25, -0.2) is 0 Å². The second-order valence-corrected chi connectivity index (χ2v) is 5.05. The van der Waals surface area contributed by atoms with Crippen LogP contribution < -0.4 is 10.9 Å². The zero-order valence-electron chi connectivity index (χ0n) is 10.8. The molecule has 1 aromatic carbocycles. The van der Waals surface area contributed by atoms with Crippen LogP contribution in [0.4, 0.5) is 5.69 Å². The second kappa shape index (κ2) is 6.77. The Bertz CT molecular complexity index is 679. The molecule has 2 N–H and O–H groups in total. The number of benzene rings is 1. The van der Waals surface area contributed by atoms with Gasteiger partial charge in [-0.3, -0.25) is 9.59 Å². The Morgan fingerprint density at radius 1 is 1.35 bits per heavy atom. The zero-order chi connectivity index (χ0) is 14.4. The normalized spacial score (nSPS) is 10.0. The van der Waals surface area contributed by atoms with Gasteiger partial charge in [-0.15, -0.1) is 18.3 Å². The molecule has 0 bridgehead atoms. The maximum absolute atomic E-state index is 12.1. The highest BCUT2D eigenvalue weighted by molar-refractivity contribution is 7.99. The van der Waals surface area contributed by atoms with Crippen LogP contribution in [0, 0.1) is 0 Å². The van der Waals surface area contributed by atoms with E-state index in [2.05, 4.69) is 16.9 Å². The topological polar surface area (TPSA) is 62.0 Å². The monoisotopic (exact) mass is 286 g/mol. The summed E-state index contributed by atoms with van der Waals surface area (Å²) < 4.78 is 0. The summed E-state index contributed by atoms with van der Waals surface area (Å²) in [6.07, 6.45) is 3.26. The lowest BCUT2D eigenvalue weighted by molar-refractivity contribution is 0.102. The van der Waals surface area contributed by atoms with Crippen molar-refractivity contribution in [2.45, 2.75) is 4.90 Å². The van der Waals surface area contributed by atoms with Crippen LogP contribution in [-0.4, -0.2) is 16.6 Å². The van der Waals surface area contributed by atoms with E-state index < -0.39 is 0 Å². The Kier molecular flexibility index (Phi) is 4.79. The number of anilines is 1. The lowest BCUT2D eigenvalue weighted by Crippen LogP contribution is -2.15. The Morgan fingerprint density at radius 2 is 2.15 bits per heavy atom. The van der Waals surface area contributed by atoms with E-state index in [1.165, 1.54) is 12.3 Å². The summed E-state index contributed by atoms with van der Waals surface area (Å²) in [5, 5.41) is 2.82. The van der Waals surface area contributed by atoms with Gasteiger partial charge in [-0.1, -0.05) is 18.2 Å². The molecular weight excluding hydrogens is 272 g/mol. The van der Waals surface area contributed by atoms with Gasteiger partial charge >= 0.3 is 0 Å². The van der Waals surface area contributed by atoms with Crippen molar-refractivity contribution in [3.8, 4) is 0 Å². The molecule has 5 heteroatoms. The number of amides is 1. The molecule has 2 rings (SSSR count). The number of thioether (sulfide) groups is 1. The summed E-state index contributed by atoms with van der Waals surface area (Å²) >= 11 is 1.59. The number of rotatable bonds is 5. The van der Waals surface area contributed by atoms with Crippen molar-refractivity contribution in [2.75, 3.05) is 11.1 Å². The van der Waals surface area contributed by atoms with Crippen LogP contribution in [0.25, 0.3) is 0 Å². The molecule has 102 valence electrons. The number of carbonyl (C=O) groups is 1. The molecule has 0 atom stereocenters. The highest BCUT2D eigenvalue weighted by Crippen LogP contribution is 2.27. The molecule has 1 heterocycles. The van der Waals surface area contributed by atoms with Gasteiger partial charge in [0.25, 0.3) is 5.91 Å². The molecule has 0 saturated carbocycles. The van der Waals surface area contributed by atoms with Crippen LogP contribution in [0.3, 0.4) is 0 Å². The number of nitrogens with one attached hydrogen (secondary N) is 2. The fourth-order valence-corrected chi connectivity index (χ4v) is 2.37. The maximum Gasteiger partial charge on any atom is 0.255 e. The molecule has 0 aliphatic rings. The standard InChI is InChI=1S/C15H14N2O2S/c1-2-9-20-13-6-4-3-5-12(13)17-15(19)11-7-8-16-14(18)10-11/h2-8,10H,1,9H2,(H,16,18)(H,17,19). The van der Waals surface area contributed by atoms with E-state index in [1.807, 2.05) is 24.3 Å². The Morgan fingerprint density at radius 3 is 2.90 bits per heavy atom. The van der Waals surface area contributed by atoms with E-state index in [9.17, 15) is 9.59 Å². The van der Waals surface area contributed by atoms with Crippen molar-refractivity contribution < 1.29 is 4.79 Å². The van der Waals surface area contributed by atoms with Crippen LogP contribution in [0.15, 0.2) is 64.9 Å². The van der Waals surface area contributed by atoms with Crippen LogP contribution in [0.1, 0.15) is 10.4 Å². The van der Waals surface area contributed by atoms with Gasteiger partial charge < -0.3 is 10.3 Å². The third-order valence-electron chi connectivity index (χ3n) is 2.53. The second-order valence-electron chi connectivity index (χ2n) is 3.99. The molecule has 0 saturated heterocycles. The first-order valence-electron chi connectivity index (χ1n) is 6.03. The lowest BCUT2D eigenvalue weighted by atomic mass is 10.2. The van der Waals surface area contributed by atoms with E-state index in [0.29, 0.717) is 5.56 Å². The fraction of sp³-hybridized carbons (Fsp3) is 0.0667. The van der Waals surface area contributed by atoms with Crippen molar-refractivity contribution in [1.82, 2.24) is 4.98 Å². The summed E-state index contributed by atoms with van der Waals surface area (Å²) in [7, 11) is 0. The maximum atomic E-state index is 12.1. The largest absolute Gasteiger partial charge is 0.329 e. The quantitative estimate of drug-likeness (QED) is 0.656. The molecular formula is C15H14N2O2S. The predicted octanol–water partition coefficient (Wildman–Crippen LogP) is 2.91. The van der Waals surface area contributed by atoms with Gasteiger partial charge in [0.2, 0.25) is 5.56 Å². The Labute approximate surface area is 120 Å². The average molecular weight is 286 g/mol. The smallest absolute Gasteiger partial charge is 0.255 e. The van der Waals surface area contributed by atoms with E-state index in [1.54, 1.807) is 23.9 Å². The molecule has 20 heavy (non-hydrogen) atoms. The minimum absolute atomic E-state index is 0.299. The van der Waals surface area contributed by atoms with Crippen LogP contribution in [-0.2, 0) is 0 Å². The molecule has 0 unspecified atom stereocenters. The average Bonchev–Trinajstić information content (AvgIpc) is 2.46. The zero-order valence-corrected chi connectivity index (χ0v) is 11.6. The molecule has 2 aromatic rings. The molecule has 1 aromatic heterocycles. The summed E-state index contributed by atoms with van der Waals surface area (Å²) in [6, 6.07) is 10.4. The highest BCUT2D eigenvalue weighted by atomic mass is 32.2. The summed E-state index contributed by atoms with van der Waals surface area (Å²) in [6.45, 7) is 3.68. The Balaban J connectivity index is 2.19. The van der Waals surface area contributed by atoms with E-state index >= 15 is 0 Å². The van der Waals surface area contributed by atoms with Crippen molar-refractivity contribution in [1.29, 1.82) is 0 Å². The summed E-state index contributed by atoms with van der Waals surface area (Å²) in [5.41, 5.74) is 0.758. The number of hydrogen-bond acceptors (Lipinski definition) is 3. The molecule has 4 nitrogen and oxygen atoms in total. The van der Waals surface area contributed by atoms with Crippen molar-refractivity contribution in [2.24, 2.45) is 0 Å². The molecule has 0 radical (unpaired) electrons. The van der Waals surface area contributed by atoms with E-state index in [-0.39, 0.29) is 11.5 Å². The van der Waals surface area contributed by atoms with E-state index in [0.717, 1.165) is 16.3 Å². The third kappa shape index (κ3) is 3.61. The lowest BCUT2D eigenvalue weighted by Gasteiger charge is -2.09. The number of H-pyrrole nitrogens is 1. The molecule has 0 aliphatic heterocycles. The van der Waals surface area contributed by atoms with Crippen LogP contribution >= 0.6 is 11.8 Å². The number of para-hydroxylation sites is 1. The van der Waals surface area contributed by atoms with Crippen molar-refractivity contribution >= 4 is 23.4 Å². The van der Waals surface area contributed by atoms with E-state index in [4.69, 9.17) is 0 Å². The number of pyridine rings is 1. The van der Waals surface area contributed by atoms with Gasteiger partial charge in [0.1, 0.15) is 0 Å². The molecule has 0 aliphatic carbocycles. The van der Waals surface area contributed by atoms with Crippen molar-refractivity contribution in [3.63, 3.8) is 0 Å².